The SMILES string of the molecule is CC(CC=O)c1ccc([N+](=O)[O-])cc1. The molecule has 1 rings (SSSR count). The zero-order chi connectivity index (χ0) is 10.6. The highest BCUT2D eigenvalue weighted by Crippen LogP contribution is 2.20. The van der Waals surface area contributed by atoms with Crippen LogP contribution in [0.3, 0.4) is 0 Å². The van der Waals surface area contributed by atoms with Gasteiger partial charge in [-0.1, -0.05) is 19.1 Å². The molecule has 0 saturated carbocycles. The Labute approximate surface area is 81.7 Å². The van der Waals surface area contributed by atoms with Gasteiger partial charge in [0.25, 0.3) is 5.69 Å². The molecule has 0 aliphatic heterocycles. The van der Waals surface area contributed by atoms with E-state index in [1.165, 1.54) is 12.1 Å². The monoisotopic (exact) mass is 193 g/mol. The third kappa shape index (κ3) is 2.39. The molecule has 0 aromatic heterocycles. The Bertz CT molecular complexity index is 332. The van der Waals surface area contributed by atoms with Gasteiger partial charge in [0.05, 0.1) is 4.92 Å². The quantitative estimate of drug-likeness (QED) is 0.418. The molecule has 14 heavy (non-hydrogen) atoms. The number of nitro benzene ring substituents is 1. The summed E-state index contributed by atoms with van der Waals surface area (Å²) in [4.78, 5) is 20.2. The molecular formula is C10H11NO3. The van der Waals surface area contributed by atoms with E-state index >= 15 is 0 Å². The summed E-state index contributed by atoms with van der Waals surface area (Å²) in [6.45, 7) is 1.91. The average Bonchev–Trinajstić information content (AvgIpc) is 2.18. The van der Waals surface area contributed by atoms with Gasteiger partial charge in [0.2, 0.25) is 0 Å². The van der Waals surface area contributed by atoms with Crippen LogP contribution in [0.2, 0.25) is 0 Å². The van der Waals surface area contributed by atoms with Crippen molar-refractivity contribution in [3.8, 4) is 0 Å². The Balaban J connectivity index is 2.82. The normalized spacial score (nSPS) is 12.1. The summed E-state index contributed by atoms with van der Waals surface area (Å²) in [7, 11) is 0. The van der Waals surface area contributed by atoms with Crippen molar-refractivity contribution >= 4 is 12.0 Å². The van der Waals surface area contributed by atoms with Crippen LogP contribution in [-0.2, 0) is 4.79 Å². The van der Waals surface area contributed by atoms with Crippen molar-refractivity contribution in [3.63, 3.8) is 0 Å². The van der Waals surface area contributed by atoms with E-state index in [2.05, 4.69) is 0 Å². The first kappa shape index (κ1) is 10.4. The van der Waals surface area contributed by atoms with Crippen LogP contribution in [0.15, 0.2) is 24.3 Å². The summed E-state index contributed by atoms with van der Waals surface area (Å²) in [6, 6.07) is 6.28. The van der Waals surface area contributed by atoms with Crippen LogP contribution in [-0.4, -0.2) is 11.2 Å². The third-order valence-electron chi connectivity index (χ3n) is 2.12. The third-order valence-corrected chi connectivity index (χ3v) is 2.12. The van der Waals surface area contributed by atoms with E-state index in [0.717, 1.165) is 11.8 Å². The molecule has 0 bridgehead atoms. The number of hydrogen-bond acceptors (Lipinski definition) is 3. The van der Waals surface area contributed by atoms with E-state index in [1.807, 2.05) is 6.92 Å². The molecule has 1 aromatic carbocycles. The smallest absolute Gasteiger partial charge is 0.269 e. The summed E-state index contributed by atoms with van der Waals surface area (Å²) < 4.78 is 0. The lowest BCUT2D eigenvalue weighted by Gasteiger charge is -2.06. The fraction of sp³-hybridized carbons (Fsp3) is 0.300. The van der Waals surface area contributed by atoms with Gasteiger partial charge in [-0.3, -0.25) is 10.1 Å². The van der Waals surface area contributed by atoms with E-state index in [0.29, 0.717) is 6.42 Å². The molecule has 0 amide bonds. The summed E-state index contributed by atoms with van der Waals surface area (Å²) in [5, 5.41) is 10.4. The van der Waals surface area contributed by atoms with Gasteiger partial charge in [0.1, 0.15) is 6.29 Å². The molecule has 0 heterocycles. The molecular weight excluding hydrogens is 182 g/mol. The van der Waals surface area contributed by atoms with Crippen LogP contribution in [0.5, 0.6) is 0 Å². The maximum atomic E-state index is 10.4. The number of carbonyl (C=O) groups is 1. The number of hydrogen-bond donors (Lipinski definition) is 0. The Kier molecular flexibility index (Phi) is 3.34. The molecule has 74 valence electrons. The number of aldehydes is 1. The topological polar surface area (TPSA) is 60.2 Å². The first-order valence-corrected chi connectivity index (χ1v) is 4.33. The molecule has 0 spiro atoms. The van der Waals surface area contributed by atoms with Gasteiger partial charge < -0.3 is 4.79 Å². The van der Waals surface area contributed by atoms with Gasteiger partial charge in [-0.2, -0.15) is 0 Å². The standard InChI is InChI=1S/C10H11NO3/c1-8(6-7-12)9-2-4-10(5-3-9)11(13)14/h2-5,7-8H,6H2,1H3. The number of benzene rings is 1. The summed E-state index contributed by atoms with van der Waals surface area (Å²) >= 11 is 0. The summed E-state index contributed by atoms with van der Waals surface area (Å²) in [6.07, 6.45) is 1.30. The molecule has 0 radical (unpaired) electrons. The predicted molar refractivity (Wildman–Crippen MR) is 52.2 cm³/mol. The number of non-ortho nitro benzene ring substituents is 1. The number of nitro groups is 1. The zero-order valence-electron chi connectivity index (χ0n) is 7.84. The van der Waals surface area contributed by atoms with Gasteiger partial charge in [-0.05, 0) is 11.5 Å². The van der Waals surface area contributed by atoms with Gasteiger partial charge >= 0.3 is 0 Å². The number of rotatable bonds is 4. The van der Waals surface area contributed by atoms with Crippen molar-refractivity contribution in [2.45, 2.75) is 19.3 Å². The van der Waals surface area contributed by atoms with Crippen molar-refractivity contribution in [2.75, 3.05) is 0 Å². The Morgan fingerprint density at radius 1 is 1.43 bits per heavy atom. The summed E-state index contributed by atoms with van der Waals surface area (Å²) in [5.41, 5.74) is 1.02. The van der Waals surface area contributed by atoms with Crippen LogP contribution in [0.4, 0.5) is 5.69 Å². The van der Waals surface area contributed by atoms with E-state index in [1.54, 1.807) is 12.1 Å². The minimum absolute atomic E-state index is 0.0760. The van der Waals surface area contributed by atoms with E-state index in [4.69, 9.17) is 0 Å². The lowest BCUT2D eigenvalue weighted by molar-refractivity contribution is -0.384. The fourth-order valence-electron chi connectivity index (χ4n) is 1.20. The predicted octanol–water partition coefficient (Wildman–Crippen LogP) is 2.29. The lowest BCUT2D eigenvalue weighted by Crippen LogP contribution is -1.95. The number of carbonyl (C=O) groups excluding carboxylic acids is 1. The molecule has 0 aliphatic carbocycles. The minimum Gasteiger partial charge on any atom is -0.303 e. The second-order valence-corrected chi connectivity index (χ2v) is 3.15. The minimum atomic E-state index is -0.436. The molecule has 0 aliphatic rings. The molecule has 1 aromatic rings. The second kappa shape index (κ2) is 4.50. The largest absolute Gasteiger partial charge is 0.303 e. The number of nitrogens with zero attached hydrogens (tertiary/aromatic N) is 1. The highest BCUT2D eigenvalue weighted by atomic mass is 16.6. The Morgan fingerprint density at radius 3 is 2.43 bits per heavy atom. The van der Waals surface area contributed by atoms with Crippen LogP contribution >= 0.6 is 0 Å². The van der Waals surface area contributed by atoms with E-state index in [-0.39, 0.29) is 11.6 Å². The van der Waals surface area contributed by atoms with Crippen molar-refractivity contribution in [2.24, 2.45) is 0 Å². The molecule has 0 saturated heterocycles. The van der Waals surface area contributed by atoms with E-state index < -0.39 is 4.92 Å². The lowest BCUT2D eigenvalue weighted by atomic mass is 9.98. The van der Waals surface area contributed by atoms with Crippen molar-refractivity contribution in [1.82, 2.24) is 0 Å². The maximum absolute atomic E-state index is 10.4. The second-order valence-electron chi connectivity index (χ2n) is 3.15. The van der Waals surface area contributed by atoms with Gasteiger partial charge in [-0.25, -0.2) is 0 Å². The highest BCUT2D eigenvalue weighted by molar-refractivity contribution is 5.51. The molecule has 1 unspecified atom stereocenters. The molecule has 1 atom stereocenters. The van der Waals surface area contributed by atoms with Gasteiger partial charge in [-0.15, -0.1) is 0 Å². The van der Waals surface area contributed by atoms with Gasteiger partial charge in [0, 0.05) is 18.6 Å². The van der Waals surface area contributed by atoms with Crippen LogP contribution < -0.4 is 0 Å². The Hall–Kier alpha value is -1.71. The van der Waals surface area contributed by atoms with Crippen LogP contribution in [0.1, 0.15) is 24.8 Å². The maximum Gasteiger partial charge on any atom is 0.269 e. The Morgan fingerprint density at radius 2 is 2.00 bits per heavy atom. The zero-order valence-corrected chi connectivity index (χ0v) is 7.84. The average molecular weight is 193 g/mol. The molecule has 0 fully saturated rings. The van der Waals surface area contributed by atoms with Gasteiger partial charge in [0.15, 0.2) is 0 Å². The summed E-state index contributed by atoms with van der Waals surface area (Å²) in [5.74, 6) is 0.119. The molecule has 4 nitrogen and oxygen atoms in total. The molecule has 4 heteroatoms. The van der Waals surface area contributed by atoms with E-state index in [9.17, 15) is 14.9 Å². The molecule has 0 N–H and O–H groups in total. The van der Waals surface area contributed by atoms with Crippen LogP contribution in [0, 0.1) is 10.1 Å². The highest BCUT2D eigenvalue weighted by Gasteiger charge is 2.08. The fourth-order valence-corrected chi connectivity index (χ4v) is 1.20. The first-order chi connectivity index (χ1) is 6.65. The first-order valence-electron chi connectivity index (χ1n) is 4.33. The van der Waals surface area contributed by atoms with Crippen molar-refractivity contribution in [1.29, 1.82) is 0 Å². The van der Waals surface area contributed by atoms with Crippen molar-refractivity contribution < 1.29 is 9.72 Å². The van der Waals surface area contributed by atoms with Crippen molar-refractivity contribution in [3.05, 3.63) is 39.9 Å². The van der Waals surface area contributed by atoms with Crippen LogP contribution in [0.25, 0.3) is 0 Å².